The van der Waals surface area contributed by atoms with E-state index in [0.29, 0.717) is 28.1 Å². The lowest BCUT2D eigenvalue weighted by Gasteiger charge is -2.21. The Morgan fingerprint density at radius 2 is 1.93 bits per heavy atom. The number of aryl methyl sites for hydroxylation is 1. The topological polar surface area (TPSA) is 88.7 Å². The molecule has 2 rings (SSSR count). The largest absolute Gasteiger partial charge is 0.497 e. The highest BCUT2D eigenvalue weighted by Crippen LogP contribution is 2.20. The predicted molar refractivity (Wildman–Crippen MR) is 105 cm³/mol. The maximum Gasteiger partial charge on any atom is 0.354 e. The quantitative estimate of drug-likeness (QED) is 0.429. The zero-order valence-electron chi connectivity index (χ0n) is 16.5. The van der Waals surface area contributed by atoms with Crippen LogP contribution in [0.2, 0.25) is 0 Å². The number of hydrogen-bond acceptors (Lipinski definition) is 5. The number of ketones is 1. The van der Waals surface area contributed by atoms with Crippen LogP contribution >= 0.6 is 0 Å². The number of Topliss-reactive ketones (excluding diaryl/α,β-unsaturated/α-hetero) is 1. The van der Waals surface area contributed by atoms with Crippen molar-refractivity contribution in [3.63, 3.8) is 0 Å². The minimum absolute atomic E-state index is 0.151. The van der Waals surface area contributed by atoms with Crippen molar-refractivity contribution < 1.29 is 23.9 Å². The number of amides is 1. The molecule has 0 spiro atoms. The van der Waals surface area contributed by atoms with Gasteiger partial charge in [0.15, 0.2) is 5.78 Å². The number of aromatic amines is 1. The second kappa shape index (κ2) is 9.03. The van der Waals surface area contributed by atoms with Gasteiger partial charge in [-0.25, -0.2) is 4.79 Å². The molecule has 7 nitrogen and oxygen atoms in total. The fraction of sp³-hybridized carbons (Fsp3) is 0.286. The molecule has 1 aromatic heterocycles. The van der Waals surface area contributed by atoms with Crippen LogP contribution in [0.4, 0.5) is 0 Å². The highest BCUT2D eigenvalue weighted by atomic mass is 16.5. The number of hydrogen-bond donors (Lipinski definition) is 1. The van der Waals surface area contributed by atoms with E-state index >= 15 is 0 Å². The molecule has 0 aliphatic heterocycles. The number of esters is 1. The summed E-state index contributed by atoms with van der Waals surface area (Å²) in [4.78, 5) is 42.0. The number of nitrogens with zero attached hydrogens (tertiary/aromatic N) is 1. The molecule has 1 heterocycles. The molecule has 1 N–H and O–H groups in total. The van der Waals surface area contributed by atoms with E-state index < -0.39 is 5.97 Å². The van der Waals surface area contributed by atoms with Crippen molar-refractivity contribution in [3.8, 4) is 5.75 Å². The maximum atomic E-state index is 12.9. The smallest absolute Gasteiger partial charge is 0.354 e. The summed E-state index contributed by atoms with van der Waals surface area (Å²) >= 11 is 0. The zero-order valence-corrected chi connectivity index (χ0v) is 16.5. The van der Waals surface area contributed by atoms with E-state index in [1.807, 2.05) is 0 Å². The van der Waals surface area contributed by atoms with Crippen LogP contribution in [0.1, 0.15) is 42.5 Å². The summed E-state index contributed by atoms with van der Waals surface area (Å²) in [5, 5.41) is 0. The van der Waals surface area contributed by atoms with Crippen LogP contribution in [0.3, 0.4) is 0 Å². The molecule has 0 bridgehead atoms. The molecule has 1 amide bonds. The Kier molecular flexibility index (Phi) is 6.76. The van der Waals surface area contributed by atoms with Crippen LogP contribution in [0, 0.1) is 13.8 Å². The Bertz CT molecular complexity index is 914. The summed E-state index contributed by atoms with van der Waals surface area (Å²) in [6, 6.07) is 6.72. The first-order valence-corrected chi connectivity index (χ1v) is 8.68. The summed E-state index contributed by atoms with van der Waals surface area (Å²) in [5.74, 6) is -0.587. The van der Waals surface area contributed by atoms with Crippen LogP contribution in [0.15, 0.2) is 36.9 Å². The average molecular weight is 384 g/mol. The van der Waals surface area contributed by atoms with Crippen molar-refractivity contribution in [2.75, 3.05) is 27.3 Å². The third-order valence-corrected chi connectivity index (χ3v) is 4.39. The van der Waals surface area contributed by atoms with E-state index in [1.165, 1.54) is 19.1 Å². The molecule has 148 valence electrons. The van der Waals surface area contributed by atoms with Crippen molar-refractivity contribution in [2.24, 2.45) is 0 Å². The van der Waals surface area contributed by atoms with Gasteiger partial charge in [-0.2, -0.15) is 0 Å². The summed E-state index contributed by atoms with van der Waals surface area (Å²) in [5.41, 5.74) is 2.08. The Morgan fingerprint density at radius 1 is 1.21 bits per heavy atom. The summed E-state index contributed by atoms with van der Waals surface area (Å²) in [6.07, 6.45) is 1.56. The lowest BCUT2D eigenvalue weighted by atomic mass is 10.0. The van der Waals surface area contributed by atoms with Gasteiger partial charge in [-0.15, -0.1) is 6.58 Å². The van der Waals surface area contributed by atoms with E-state index in [4.69, 9.17) is 9.47 Å². The summed E-state index contributed by atoms with van der Waals surface area (Å²) < 4.78 is 9.89. The molecule has 2 aromatic rings. The van der Waals surface area contributed by atoms with Gasteiger partial charge in [-0.3, -0.25) is 9.59 Å². The molecule has 7 heteroatoms. The van der Waals surface area contributed by atoms with Gasteiger partial charge >= 0.3 is 5.97 Å². The van der Waals surface area contributed by atoms with Gasteiger partial charge < -0.3 is 19.4 Å². The third-order valence-electron chi connectivity index (χ3n) is 4.39. The molecule has 0 atom stereocenters. The molecule has 0 radical (unpaired) electrons. The van der Waals surface area contributed by atoms with E-state index in [0.717, 1.165) is 0 Å². The predicted octanol–water partition coefficient (Wildman–Crippen LogP) is 2.94. The lowest BCUT2D eigenvalue weighted by molar-refractivity contribution is 0.0593. The molecule has 0 fully saturated rings. The van der Waals surface area contributed by atoms with Crippen molar-refractivity contribution in [2.45, 2.75) is 13.8 Å². The maximum absolute atomic E-state index is 12.9. The van der Waals surface area contributed by atoms with Crippen LogP contribution < -0.4 is 4.74 Å². The summed E-state index contributed by atoms with van der Waals surface area (Å²) in [6.45, 7) is 7.09. The van der Waals surface area contributed by atoms with Crippen LogP contribution in [-0.4, -0.2) is 54.9 Å². The monoisotopic (exact) mass is 384 g/mol. The van der Waals surface area contributed by atoms with Gasteiger partial charge in [0, 0.05) is 23.4 Å². The first-order valence-electron chi connectivity index (χ1n) is 8.68. The fourth-order valence-corrected chi connectivity index (χ4v) is 3.04. The van der Waals surface area contributed by atoms with Gasteiger partial charge in [-0.1, -0.05) is 12.1 Å². The number of H-pyrrole nitrogens is 1. The average Bonchev–Trinajstić information content (AvgIpc) is 3.00. The number of benzene rings is 1. The SMILES string of the molecule is C=CCN(CC(=O)c1c(C)[nH]c(C(=O)OC)c1C)C(=O)c1cccc(OC)c1. The second-order valence-electron chi connectivity index (χ2n) is 6.25. The highest BCUT2D eigenvalue weighted by molar-refractivity contribution is 6.05. The number of carbonyl (C=O) groups excluding carboxylic acids is 3. The fourth-order valence-electron chi connectivity index (χ4n) is 3.04. The van der Waals surface area contributed by atoms with Crippen LogP contribution in [0.25, 0.3) is 0 Å². The Balaban J connectivity index is 2.30. The Labute approximate surface area is 163 Å². The van der Waals surface area contributed by atoms with E-state index in [2.05, 4.69) is 11.6 Å². The van der Waals surface area contributed by atoms with Gasteiger partial charge in [0.05, 0.1) is 20.8 Å². The number of rotatable bonds is 8. The van der Waals surface area contributed by atoms with E-state index in [-0.39, 0.29) is 30.5 Å². The molecule has 0 unspecified atom stereocenters. The van der Waals surface area contributed by atoms with Crippen LogP contribution in [0.5, 0.6) is 5.75 Å². The van der Waals surface area contributed by atoms with Crippen molar-refractivity contribution >= 4 is 17.7 Å². The molecular weight excluding hydrogens is 360 g/mol. The molecule has 0 aliphatic carbocycles. The van der Waals surface area contributed by atoms with Gasteiger partial charge in [0.25, 0.3) is 5.91 Å². The van der Waals surface area contributed by atoms with Crippen LogP contribution in [-0.2, 0) is 4.74 Å². The molecule has 0 aliphatic rings. The van der Waals surface area contributed by atoms with Crippen molar-refractivity contribution in [1.29, 1.82) is 0 Å². The number of carbonyl (C=O) groups is 3. The van der Waals surface area contributed by atoms with Crippen molar-refractivity contribution in [1.82, 2.24) is 9.88 Å². The zero-order chi connectivity index (χ0) is 20.8. The highest BCUT2D eigenvalue weighted by Gasteiger charge is 2.25. The number of nitrogens with one attached hydrogen (secondary N) is 1. The minimum Gasteiger partial charge on any atom is -0.497 e. The first-order chi connectivity index (χ1) is 13.3. The Hall–Kier alpha value is -3.35. The van der Waals surface area contributed by atoms with Crippen molar-refractivity contribution in [3.05, 3.63) is 65.0 Å². The van der Waals surface area contributed by atoms with E-state index in [9.17, 15) is 14.4 Å². The standard InChI is InChI=1S/C21H24N2O5/c1-6-10-23(20(25)15-8-7-9-16(11-15)27-4)12-17(24)18-13(2)19(21(26)28-5)22-14(18)3/h6-9,11,22H,1,10,12H2,2-5H3. The molecule has 0 saturated heterocycles. The van der Waals surface area contributed by atoms with Gasteiger partial charge in [0.1, 0.15) is 11.4 Å². The minimum atomic E-state index is -0.546. The third kappa shape index (κ3) is 4.31. The molecule has 1 aromatic carbocycles. The number of methoxy groups -OCH3 is 2. The second-order valence-corrected chi connectivity index (χ2v) is 6.25. The summed E-state index contributed by atoms with van der Waals surface area (Å²) in [7, 11) is 2.79. The van der Waals surface area contributed by atoms with E-state index in [1.54, 1.807) is 44.2 Å². The number of ether oxygens (including phenoxy) is 2. The Morgan fingerprint density at radius 3 is 2.54 bits per heavy atom. The lowest BCUT2D eigenvalue weighted by Crippen LogP contribution is -2.36. The molecule has 28 heavy (non-hydrogen) atoms. The normalized spacial score (nSPS) is 10.3. The number of aromatic nitrogens is 1. The van der Waals surface area contributed by atoms with Gasteiger partial charge in [-0.05, 0) is 37.6 Å². The first kappa shape index (κ1) is 21.0. The molecular formula is C21H24N2O5. The molecule has 0 saturated carbocycles. The van der Waals surface area contributed by atoms with Gasteiger partial charge in [0.2, 0.25) is 0 Å².